The van der Waals surface area contributed by atoms with E-state index in [4.69, 9.17) is 9.47 Å². The first-order valence-electron chi connectivity index (χ1n) is 10.5. The molecule has 4 rings (SSSR count). The third-order valence-corrected chi connectivity index (χ3v) is 8.96. The highest BCUT2D eigenvalue weighted by molar-refractivity contribution is 8.01. The van der Waals surface area contributed by atoms with Crippen molar-refractivity contribution >= 4 is 49.8 Å². The number of sulfonamides is 1. The summed E-state index contributed by atoms with van der Waals surface area (Å²) in [4.78, 5) is 13.1. The summed E-state index contributed by atoms with van der Waals surface area (Å²) >= 11 is 2.84. The maximum Gasteiger partial charge on any atom is 0.269 e. The Morgan fingerprint density at radius 1 is 1.26 bits per heavy atom. The molecule has 1 amide bonds. The molecule has 0 spiro atoms. The summed E-state index contributed by atoms with van der Waals surface area (Å²) in [6.45, 7) is 3.75. The van der Waals surface area contributed by atoms with Crippen LogP contribution in [0.25, 0.3) is 0 Å². The number of anilines is 2. The fourth-order valence-corrected chi connectivity index (χ4v) is 6.45. The van der Waals surface area contributed by atoms with Gasteiger partial charge in [-0.2, -0.15) is 0 Å². The molecule has 0 saturated heterocycles. The topological polar surface area (TPSA) is 111 Å². The zero-order valence-corrected chi connectivity index (χ0v) is 21.3. The Balaban J connectivity index is 1.61. The van der Waals surface area contributed by atoms with Crippen LogP contribution in [0.4, 0.5) is 10.8 Å². The Hall–Kier alpha value is -2.83. The van der Waals surface area contributed by atoms with E-state index in [1.807, 2.05) is 6.92 Å². The van der Waals surface area contributed by atoms with Crippen LogP contribution in [0.15, 0.2) is 51.7 Å². The van der Waals surface area contributed by atoms with Crippen LogP contribution in [-0.4, -0.2) is 50.0 Å². The van der Waals surface area contributed by atoms with Crippen LogP contribution in [-0.2, 0) is 14.8 Å². The van der Waals surface area contributed by atoms with Crippen molar-refractivity contribution in [1.29, 1.82) is 0 Å². The van der Waals surface area contributed by atoms with Crippen LogP contribution in [0.3, 0.4) is 0 Å². The van der Waals surface area contributed by atoms with Gasteiger partial charge in [-0.05, 0) is 55.3 Å². The quantitative estimate of drug-likeness (QED) is 0.351. The summed E-state index contributed by atoms with van der Waals surface area (Å²) in [5.41, 5.74) is 1.25. The molecule has 1 aliphatic rings. The van der Waals surface area contributed by atoms with Crippen LogP contribution in [0.5, 0.6) is 11.5 Å². The normalized spacial score (nSPS) is 15.4. The van der Waals surface area contributed by atoms with Crippen molar-refractivity contribution in [1.82, 2.24) is 10.2 Å². The fourth-order valence-electron chi connectivity index (χ4n) is 3.29. The number of benzene rings is 2. The van der Waals surface area contributed by atoms with Gasteiger partial charge >= 0.3 is 0 Å². The lowest BCUT2D eigenvalue weighted by molar-refractivity contribution is -0.122. The van der Waals surface area contributed by atoms with E-state index in [0.717, 1.165) is 22.1 Å². The lowest BCUT2D eigenvalue weighted by Gasteiger charge is -2.34. The van der Waals surface area contributed by atoms with Gasteiger partial charge in [0.25, 0.3) is 15.9 Å². The van der Waals surface area contributed by atoms with Crippen molar-refractivity contribution in [3.05, 3.63) is 48.0 Å². The van der Waals surface area contributed by atoms with Crippen LogP contribution < -0.4 is 19.1 Å². The Morgan fingerprint density at radius 2 is 2.03 bits per heavy atom. The second kappa shape index (κ2) is 10.2. The number of thioether (sulfide) groups is 1. The summed E-state index contributed by atoms with van der Waals surface area (Å²) in [5.74, 6) is 1.27. The molecule has 0 bridgehead atoms. The number of carbonyl (C=O) groups excluding carboxylic acids is 1. The molecule has 1 aromatic heterocycles. The molecule has 1 aliphatic heterocycles. The zero-order valence-electron chi connectivity index (χ0n) is 18.8. The molecule has 1 unspecified atom stereocenters. The first-order chi connectivity index (χ1) is 16.3. The Kier molecular flexibility index (Phi) is 7.29. The highest BCUT2D eigenvalue weighted by atomic mass is 32.2. The summed E-state index contributed by atoms with van der Waals surface area (Å²) < 4.78 is 40.1. The number of aromatic nitrogens is 2. The summed E-state index contributed by atoms with van der Waals surface area (Å²) in [7, 11) is -2.46. The van der Waals surface area contributed by atoms with Gasteiger partial charge in [-0.1, -0.05) is 36.1 Å². The number of nitrogens with zero attached hydrogens (tertiary/aromatic N) is 3. The van der Waals surface area contributed by atoms with Crippen molar-refractivity contribution in [2.75, 3.05) is 29.0 Å². The van der Waals surface area contributed by atoms with Crippen molar-refractivity contribution in [2.24, 2.45) is 0 Å². The van der Waals surface area contributed by atoms with Crippen molar-refractivity contribution < 1.29 is 22.7 Å². The predicted molar refractivity (Wildman–Crippen MR) is 133 cm³/mol. The fraction of sp³-hybridized carbons (Fsp3) is 0.318. The molecule has 0 fully saturated rings. The van der Waals surface area contributed by atoms with E-state index in [2.05, 4.69) is 22.4 Å². The number of carbonyl (C=O) groups is 1. The number of amides is 1. The maximum atomic E-state index is 13.5. The lowest BCUT2D eigenvalue weighted by atomic mass is 10.1. The molecule has 34 heavy (non-hydrogen) atoms. The lowest BCUT2D eigenvalue weighted by Crippen LogP contribution is -2.48. The molecular formula is C22H24N4O5S3. The number of hydrogen-bond acceptors (Lipinski definition) is 9. The van der Waals surface area contributed by atoms with Gasteiger partial charge in [-0.3, -0.25) is 14.4 Å². The summed E-state index contributed by atoms with van der Waals surface area (Å²) in [5, 5.41) is 11.1. The highest BCUT2D eigenvalue weighted by Gasteiger charge is 2.38. The molecule has 180 valence electrons. The third-order valence-electron chi connectivity index (χ3n) is 4.99. The number of nitrogens with one attached hydrogen (secondary N) is 1. The van der Waals surface area contributed by atoms with Crippen LogP contribution >= 0.6 is 23.1 Å². The van der Waals surface area contributed by atoms with Crippen LogP contribution in [0, 0.1) is 6.92 Å². The minimum atomic E-state index is -3.97. The van der Waals surface area contributed by atoms with Crippen molar-refractivity contribution in [2.45, 2.75) is 35.6 Å². The first-order valence-corrected chi connectivity index (χ1v) is 13.8. The molecule has 2 heterocycles. The van der Waals surface area contributed by atoms with E-state index < -0.39 is 22.0 Å². The van der Waals surface area contributed by atoms with Gasteiger partial charge in [0.05, 0.1) is 24.2 Å². The van der Waals surface area contributed by atoms with Gasteiger partial charge < -0.3 is 9.47 Å². The molecule has 1 N–H and O–H groups in total. The van der Waals surface area contributed by atoms with Crippen LogP contribution in [0.1, 0.15) is 18.9 Å². The van der Waals surface area contributed by atoms with Gasteiger partial charge in [-0.15, -0.1) is 10.2 Å². The summed E-state index contributed by atoms with van der Waals surface area (Å²) in [6, 6.07) is 11.3. The predicted octanol–water partition coefficient (Wildman–Crippen LogP) is 3.95. The number of ether oxygens (including phenoxy) is 2. The number of hydrogen-bond donors (Lipinski definition) is 1. The van der Waals surface area contributed by atoms with Gasteiger partial charge in [0.1, 0.15) is 11.5 Å². The Labute approximate surface area is 206 Å². The number of methoxy groups -OCH3 is 1. The molecule has 1 atom stereocenters. The molecule has 0 saturated carbocycles. The van der Waals surface area contributed by atoms with Gasteiger partial charge in [-0.25, -0.2) is 8.42 Å². The maximum absolute atomic E-state index is 13.5. The standard InChI is InChI=1S/C22H24N4O5S3/c1-4-11-32-22-25-24-21(33-22)23-20(27)19-13-26(17-10-5-14(2)12-18(17)31-19)34(28,29)16-8-6-15(30-3)7-9-16/h5-10,12,19H,4,11,13H2,1-3H3,(H,23,24,27). The second-order valence-electron chi connectivity index (χ2n) is 7.50. The smallest absolute Gasteiger partial charge is 0.269 e. The molecule has 12 heteroatoms. The zero-order chi connectivity index (χ0) is 24.3. The minimum absolute atomic E-state index is 0.0857. The minimum Gasteiger partial charge on any atom is -0.497 e. The molecule has 0 radical (unpaired) electrons. The van der Waals surface area contributed by atoms with E-state index in [1.165, 1.54) is 34.9 Å². The Bertz CT molecular complexity index is 1280. The molecule has 0 aliphatic carbocycles. The van der Waals surface area contributed by atoms with Gasteiger partial charge in [0.15, 0.2) is 10.4 Å². The second-order valence-corrected chi connectivity index (χ2v) is 11.7. The van der Waals surface area contributed by atoms with E-state index in [9.17, 15) is 13.2 Å². The summed E-state index contributed by atoms with van der Waals surface area (Å²) in [6.07, 6.45) is -0.0721. The van der Waals surface area contributed by atoms with Crippen LogP contribution in [0.2, 0.25) is 0 Å². The van der Waals surface area contributed by atoms with Gasteiger partial charge in [0, 0.05) is 5.75 Å². The number of rotatable bonds is 8. The van der Waals surface area contributed by atoms with E-state index in [-0.39, 0.29) is 11.4 Å². The monoisotopic (exact) mass is 520 g/mol. The highest BCUT2D eigenvalue weighted by Crippen LogP contribution is 2.38. The first kappa shape index (κ1) is 24.3. The van der Waals surface area contributed by atoms with E-state index >= 15 is 0 Å². The number of fused-ring (bicyclic) bond motifs is 1. The average molecular weight is 521 g/mol. The van der Waals surface area contributed by atoms with Gasteiger partial charge in [0.2, 0.25) is 5.13 Å². The van der Waals surface area contributed by atoms with E-state index in [1.54, 1.807) is 42.1 Å². The van der Waals surface area contributed by atoms with Crippen molar-refractivity contribution in [3.63, 3.8) is 0 Å². The molecule has 9 nitrogen and oxygen atoms in total. The molecule has 3 aromatic rings. The largest absolute Gasteiger partial charge is 0.497 e. The SMILES string of the molecule is CCCSc1nnc(NC(=O)C2CN(S(=O)(=O)c3ccc(OC)cc3)c3ccc(C)cc3O2)s1. The average Bonchev–Trinajstić information content (AvgIpc) is 3.28. The van der Waals surface area contributed by atoms with Crippen molar-refractivity contribution in [3.8, 4) is 11.5 Å². The third kappa shape index (κ3) is 5.13. The Morgan fingerprint density at radius 3 is 2.74 bits per heavy atom. The van der Waals surface area contributed by atoms with E-state index in [0.29, 0.717) is 22.3 Å². The number of aryl methyl sites for hydroxylation is 1. The molecular weight excluding hydrogens is 496 g/mol. The molecule has 2 aromatic carbocycles.